The largest absolute Gasteiger partial charge is 0.384 e. The first kappa shape index (κ1) is 14.0. The maximum Gasteiger partial charge on any atom is 0.178 e. The molecule has 1 aromatic rings. The van der Waals surface area contributed by atoms with Gasteiger partial charge in [0.25, 0.3) is 0 Å². The molecule has 0 amide bonds. The third-order valence-corrected chi connectivity index (χ3v) is 4.33. The second-order valence-electron chi connectivity index (χ2n) is 3.87. The van der Waals surface area contributed by atoms with Gasteiger partial charge in [-0.15, -0.1) is 0 Å². The molecule has 0 aromatic heterocycles. The Morgan fingerprint density at radius 1 is 1.12 bits per heavy atom. The van der Waals surface area contributed by atoms with Gasteiger partial charge in [-0.05, 0) is 37.7 Å². The van der Waals surface area contributed by atoms with Crippen molar-refractivity contribution in [2.75, 3.05) is 31.2 Å². The fraction of sp³-hybridized carbons (Fsp3) is 0.500. The van der Waals surface area contributed by atoms with Crippen LogP contribution < -0.4 is 10.6 Å². The Kier molecular flexibility index (Phi) is 5.44. The number of rotatable bonds is 7. The standard InChI is InChI=1S/C12H20N2O2S/c1-3-10-17(15,16)12-6-4-11(5-7-12)14-9-8-13-2/h4-7,13-14H,3,8-10H2,1-2H3. The highest BCUT2D eigenvalue weighted by Crippen LogP contribution is 2.15. The predicted molar refractivity (Wildman–Crippen MR) is 71.2 cm³/mol. The molecule has 96 valence electrons. The molecule has 0 atom stereocenters. The van der Waals surface area contributed by atoms with Gasteiger partial charge < -0.3 is 10.6 Å². The molecule has 0 bridgehead atoms. The molecule has 0 saturated heterocycles. The lowest BCUT2D eigenvalue weighted by Crippen LogP contribution is -2.17. The van der Waals surface area contributed by atoms with Crippen molar-refractivity contribution in [3.63, 3.8) is 0 Å². The van der Waals surface area contributed by atoms with Gasteiger partial charge in [0.2, 0.25) is 0 Å². The molecule has 0 fully saturated rings. The van der Waals surface area contributed by atoms with Gasteiger partial charge in [-0.2, -0.15) is 0 Å². The number of anilines is 1. The molecular weight excluding hydrogens is 236 g/mol. The van der Waals surface area contributed by atoms with Crippen molar-refractivity contribution in [3.05, 3.63) is 24.3 Å². The van der Waals surface area contributed by atoms with Crippen LogP contribution in [0, 0.1) is 0 Å². The van der Waals surface area contributed by atoms with Gasteiger partial charge >= 0.3 is 0 Å². The normalized spacial score (nSPS) is 11.4. The summed E-state index contributed by atoms with van der Waals surface area (Å²) in [6.45, 7) is 3.55. The first-order valence-corrected chi connectivity index (χ1v) is 7.46. The molecular formula is C12H20N2O2S. The zero-order valence-corrected chi connectivity index (χ0v) is 11.2. The lowest BCUT2D eigenvalue weighted by molar-refractivity contribution is 0.595. The second kappa shape index (κ2) is 6.61. The first-order valence-electron chi connectivity index (χ1n) is 5.81. The average Bonchev–Trinajstić information content (AvgIpc) is 2.30. The Labute approximate surface area is 103 Å². The lowest BCUT2D eigenvalue weighted by atomic mass is 10.3. The summed E-state index contributed by atoms with van der Waals surface area (Å²) in [4.78, 5) is 0.401. The quantitative estimate of drug-likeness (QED) is 0.726. The van der Waals surface area contributed by atoms with Crippen molar-refractivity contribution >= 4 is 15.5 Å². The third-order valence-electron chi connectivity index (χ3n) is 2.39. The number of sulfone groups is 1. The maximum atomic E-state index is 11.8. The molecule has 0 unspecified atom stereocenters. The Morgan fingerprint density at radius 3 is 2.29 bits per heavy atom. The predicted octanol–water partition coefficient (Wildman–Crippen LogP) is 1.50. The van der Waals surface area contributed by atoms with E-state index in [1.54, 1.807) is 24.3 Å². The molecule has 0 spiro atoms. The summed E-state index contributed by atoms with van der Waals surface area (Å²) in [5, 5.41) is 6.23. The molecule has 0 radical (unpaired) electrons. The average molecular weight is 256 g/mol. The van der Waals surface area contributed by atoms with Gasteiger partial charge in [0, 0.05) is 18.8 Å². The lowest BCUT2D eigenvalue weighted by Gasteiger charge is -2.07. The van der Waals surface area contributed by atoms with Crippen molar-refractivity contribution in [1.29, 1.82) is 0 Å². The Balaban J connectivity index is 2.68. The minimum absolute atomic E-state index is 0.208. The summed E-state index contributed by atoms with van der Waals surface area (Å²) < 4.78 is 23.5. The van der Waals surface area contributed by atoms with E-state index < -0.39 is 9.84 Å². The number of hydrogen-bond acceptors (Lipinski definition) is 4. The van der Waals surface area contributed by atoms with E-state index in [0.717, 1.165) is 18.8 Å². The fourth-order valence-corrected chi connectivity index (χ4v) is 2.82. The zero-order chi connectivity index (χ0) is 12.7. The van der Waals surface area contributed by atoms with E-state index in [1.807, 2.05) is 14.0 Å². The summed E-state index contributed by atoms with van der Waals surface area (Å²) in [7, 11) is -1.20. The van der Waals surface area contributed by atoms with E-state index in [2.05, 4.69) is 10.6 Å². The van der Waals surface area contributed by atoms with Crippen LogP contribution in [0.25, 0.3) is 0 Å². The highest BCUT2D eigenvalue weighted by Gasteiger charge is 2.12. The summed E-state index contributed by atoms with van der Waals surface area (Å²) in [6, 6.07) is 6.93. The van der Waals surface area contributed by atoms with Crippen molar-refractivity contribution in [2.24, 2.45) is 0 Å². The minimum atomic E-state index is -3.09. The summed E-state index contributed by atoms with van der Waals surface area (Å²) in [5.74, 6) is 0.208. The van der Waals surface area contributed by atoms with E-state index in [0.29, 0.717) is 11.3 Å². The van der Waals surface area contributed by atoms with Crippen LogP contribution in [-0.2, 0) is 9.84 Å². The Morgan fingerprint density at radius 2 is 1.76 bits per heavy atom. The highest BCUT2D eigenvalue weighted by atomic mass is 32.2. The van der Waals surface area contributed by atoms with Crippen molar-refractivity contribution in [1.82, 2.24) is 5.32 Å². The van der Waals surface area contributed by atoms with Gasteiger partial charge in [0.05, 0.1) is 10.6 Å². The van der Waals surface area contributed by atoms with Crippen LogP contribution in [0.2, 0.25) is 0 Å². The Hall–Kier alpha value is -1.07. The van der Waals surface area contributed by atoms with Crippen molar-refractivity contribution < 1.29 is 8.42 Å². The van der Waals surface area contributed by atoms with Crippen LogP contribution in [0.15, 0.2) is 29.2 Å². The van der Waals surface area contributed by atoms with Crippen LogP contribution in [0.1, 0.15) is 13.3 Å². The summed E-state index contributed by atoms with van der Waals surface area (Å²) >= 11 is 0. The summed E-state index contributed by atoms with van der Waals surface area (Å²) in [5.41, 5.74) is 0.940. The molecule has 4 nitrogen and oxygen atoms in total. The molecule has 0 heterocycles. The topological polar surface area (TPSA) is 58.2 Å². The van der Waals surface area contributed by atoms with E-state index >= 15 is 0 Å². The van der Waals surface area contributed by atoms with Crippen LogP contribution in [0.5, 0.6) is 0 Å². The monoisotopic (exact) mass is 256 g/mol. The van der Waals surface area contributed by atoms with Gasteiger partial charge in [-0.1, -0.05) is 6.92 Å². The SMILES string of the molecule is CCCS(=O)(=O)c1ccc(NCCNC)cc1. The second-order valence-corrected chi connectivity index (χ2v) is 5.98. The summed E-state index contributed by atoms with van der Waals surface area (Å²) in [6.07, 6.45) is 0.643. The third kappa shape index (κ3) is 4.36. The van der Waals surface area contributed by atoms with Gasteiger partial charge in [-0.25, -0.2) is 8.42 Å². The Bertz CT molecular complexity index is 426. The van der Waals surface area contributed by atoms with Gasteiger partial charge in [0.15, 0.2) is 9.84 Å². The van der Waals surface area contributed by atoms with Crippen molar-refractivity contribution in [3.8, 4) is 0 Å². The minimum Gasteiger partial charge on any atom is -0.384 e. The zero-order valence-electron chi connectivity index (χ0n) is 10.4. The molecule has 0 aliphatic rings. The van der Waals surface area contributed by atoms with E-state index in [-0.39, 0.29) is 5.75 Å². The maximum absolute atomic E-state index is 11.8. The highest BCUT2D eigenvalue weighted by molar-refractivity contribution is 7.91. The molecule has 2 N–H and O–H groups in total. The van der Waals surface area contributed by atoms with Gasteiger partial charge in [0.1, 0.15) is 0 Å². The molecule has 5 heteroatoms. The number of nitrogens with one attached hydrogen (secondary N) is 2. The van der Waals surface area contributed by atoms with Crippen LogP contribution in [-0.4, -0.2) is 34.3 Å². The van der Waals surface area contributed by atoms with Crippen LogP contribution in [0.4, 0.5) is 5.69 Å². The van der Waals surface area contributed by atoms with E-state index in [1.165, 1.54) is 0 Å². The number of hydrogen-bond donors (Lipinski definition) is 2. The molecule has 1 rings (SSSR count). The molecule has 1 aromatic carbocycles. The van der Waals surface area contributed by atoms with Gasteiger partial charge in [-0.3, -0.25) is 0 Å². The molecule has 0 aliphatic carbocycles. The number of likely N-dealkylation sites (N-methyl/N-ethyl adjacent to an activating group) is 1. The molecule has 0 aliphatic heterocycles. The molecule has 0 saturated carbocycles. The molecule has 17 heavy (non-hydrogen) atoms. The smallest absolute Gasteiger partial charge is 0.178 e. The van der Waals surface area contributed by atoms with Crippen LogP contribution >= 0.6 is 0 Å². The fourth-order valence-electron chi connectivity index (χ4n) is 1.50. The van der Waals surface area contributed by atoms with Crippen LogP contribution in [0.3, 0.4) is 0 Å². The van der Waals surface area contributed by atoms with E-state index in [4.69, 9.17) is 0 Å². The first-order chi connectivity index (χ1) is 8.10. The van der Waals surface area contributed by atoms with Crippen molar-refractivity contribution in [2.45, 2.75) is 18.2 Å². The number of benzene rings is 1. The van der Waals surface area contributed by atoms with E-state index in [9.17, 15) is 8.42 Å².